The van der Waals surface area contributed by atoms with E-state index in [1.54, 1.807) is 11.3 Å². The highest BCUT2D eigenvalue weighted by Gasteiger charge is 2.20. The van der Waals surface area contributed by atoms with Crippen LogP contribution in [0.25, 0.3) is 21.3 Å². The fourth-order valence-corrected chi connectivity index (χ4v) is 4.85. The van der Waals surface area contributed by atoms with Crippen molar-refractivity contribution in [2.75, 3.05) is 13.1 Å². The van der Waals surface area contributed by atoms with Crippen molar-refractivity contribution < 1.29 is 0 Å². The molecule has 140 valence electrons. The zero-order valence-corrected chi connectivity index (χ0v) is 16.8. The van der Waals surface area contributed by atoms with Crippen molar-refractivity contribution in [3.05, 3.63) is 83.1 Å². The van der Waals surface area contributed by atoms with Gasteiger partial charge < -0.3 is 0 Å². The number of nitrogens with zero attached hydrogens (tertiary/aromatic N) is 3. The minimum Gasteiger partial charge on any atom is -0.296 e. The smallest absolute Gasteiger partial charge is 0.0815 e. The minimum atomic E-state index is 0.401. The Bertz CT molecular complexity index is 1100. The lowest BCUT2D eigenvalue weighted by Crippen LogP contribution is -2.29. The molecule has 0 N–H and O–H groups in total. The maximum absolute atomic E-state index is 4.49. The standard InChI is InChI=1S/C24H23N3S/c1-17(19-6-7-24-23(14-19)26-16-28-24)27-11-8-18-4-5-20(13-21(18)9-12-27)22-3-2-10-25-15-22/h2-7,10,13-17H,8-9,11-12H2,1H3. The monoisotopic (exact) mass is 385 g/mol. The number of thiazole rings is 1. The van der Waals surface area contributed by atoms with Gasteiger partial charge in [0.2, 0.25) is 0 Å². The predicted molar refractivity (Wildman–Crippen MR) is 117 cm³/mol. The summed E-state index contributed by atoms with van der Waals surface area (Å²) in [5.74, 6) is 0. The molecule has 1 aliphatic rings. The average molecular weight is 386 g/mol. The van der Waals surface area contributed by atoms with Crippen molar-refractivity contribution in [3.8, 4) is 11.1 Å². The average Bonchev–Trinajstić information content (AvgIpc) is 3.12. The molecule has 28 heavy (non-hydrogen) atoms. The lowest BCUT2D eigenvalue weighted by atomic mass is 9.97. The van der Waals surface area contributed by atoms with E-state index >= 15 is 0 Å². The molecule has 1 atom stereocenters. The maximum atomic E-state index is 4.49. The lowest BCUT2D eigenvalue weighted by molar-refractivity contribution is 0.221. The van der Waals surface area contributed by atoms with E-state index in [2.05, 4.69) is 64.3 Å². The highest BCUT2D eigenvalue weighted by Crippen LogP contribution is 2.29. The molecule has 0 aliphatic carbocycles. The zero-order chi connectivity index (χ0) is 18.9. The first-order chi connectivity index (χ1) is 13.8. The second kappa shape index (κ2) is 7.46. The van der Waals surface area contributed by atoms with Crippen LogP contribution in [0.3, 0.4) is 0 Å². The molecule has 0 spiro atoms. The van der Waals surface area contributed by atoms with Crippen LogP contribution in [0.15, 0.2) is 66.4 Å². The first-order valence-corrected chi connectivity index (χ1v) is 10.8. The Morgan fingerprint density at radius 1 is 0.964 bits per heavy atom. The van der Waals surface area contributed by atoms with E-state index in [0.29, 0.717) is 6.04 Å². The van der Waals surface area contributed by atoms with Crippen LogP contribution in [0.5, 0.6) is 0 Å². The normalized spacial score (nSPS) is 15.9. The fourth-order valence-electron chi connectivity index (χ4n) is 4.19. The lowest BCUT2D eigenvalue weighted by Gasteiger charge is -2.28. The summed E-state index contributed by atoms with van der Waals surface area (Å²) in [6.07, 6.45) is 5.97. The summed E-state index contributed by atoms with van der Waals surface area (Å²) in [6.45, 7) is 4.50. The SMILES string of the molecule is CC(c1ccc2scnc2c1)N1CCc2ccc(-c3cccnc3)cc2CC1. The summed E-state index contributed by atoms with van der Waals surface area (Å²) in [5, 5.41) is 0. The van der Waals surface area contributed by atoms with Gasteiger partial charge in [0, 0.05) is 31.5 Å². The number of hydrogen-bond acceptors (Lipinski definition) is 4. The van der Waals surface area contributed by atoms with E-state index < -0.39 is 0 Å². The molecule has 0 fully saturated rings. The van der Waals surface area contributed by atoms with E-state index in [9.17, 15) is 0 Å². The van der Waals surface area contributed by atoms with Gasteiger partial charge in [0.1, 0.15) is 0 Å². The molecule has 5 rings (SSSR count). The third kappa shape index (κ3) is 3.34. The zero-order valence-electron chi connectivity index (χ0n) is 16.0. The van der Waals surface area contributed by atoms with Crippen molar-refractivity contribution in [1.29, 1.82) is 0 Å². The maximum Gasteiger partial charge on any atom is 0.0815 e. The molecule has 3 nitrogen and oxygen atoms in total. The van der Waals surface area contributed by atoms with Crippen LogP contribution >= 0.6 is 11.3 Å². The molecule has 0 saturated heterocycles. The largest absolute Gasteiger partial charge is 0.296 e. The molecule has 1 aliphatic heterocycles. The number of aromatic nitrogens is 2. The van der Waals surface area contributed by atoms with E-state index in [1.165, 1.54) is 32.5 Å². The van der Waals surface area contributed by atoms with Crippen molar-refractivity contribution in [2.45, 2.75) is 25.8 Å². The van der Waals surface area contributed by atoms with Gasteiger partial charge >= 0.3 is 0 Å². The summed E-state index contributed by atoms with van der Waals surface area (Å²) in [7, 11) is 0. The summed E-state index contributed by atoms with van der Waals surface area (Å²) < 4.78 is 1.27. The molecular formula is C24H23N3S. The van der Waals surface area contributed by atoms with Crippen molar-refractivity contribution in [3.63, 3.8) is 0 Å². The Hall–Kier alpha value is -2.56. The van der Waals surface area contributed by atoms with Gasteiger partial charge in [0.15, 0.2) is 0 Å². The van der Waals surface area contributed by atoms with Crippen molar-refractivity contribution in [1.82, 2.24) is 14.9 Å². The molecular weight excluding hydrogens is 362 g/mol. The van der Waals surface area contributed by atoms with Gasteiger partial charge in [-0.25, -0.2) is 4.98 Å². The first-order valence-electron chi connectivity index (χ1n) is 9.87. The van der Waals surface area contributed by atoms with E-state index in [0.717, 1.165) is 31.4 Å². The van der Waals surface area contributed by atoms with Crippen LogP contribution in [0, 0.1) is 0 Å². The highest BCUT2D eigenvalue weighted by atomic mass is 32.1. The topological polar surface area (TPSA) is 29.0 Å². The summed E-state index contributed by atoms with van der Waals surface area (Å²) in [6, 6.07) is 18.2. The molecule has 4 aromatic rings. The van der Waals surface area contributed by atoms with Gasteiger partial charge in [-0.2, -0.15) is 0 Å². The number of pyridine rings is 1. The molecule has 3 heterocycles. The van der Waals surface area contributed by atoms with Crippen LogP contribution in [0.4, 0.5) is 0 Å². The van der Waals surface area contributed by atoms with Gasteiger partial charge in [-0.15, -0.1) is 11.3 Å². The molecule has 0 saturated carbocycles. The third-order valence-corrected chi connectivity index (χ3v) is 6.73. The van der Waals surface area contributed by atoms with Gasteiger partial charge in [0.25, 0.3) is 0 Å². The second-order valence-corrected chi connectivity index (χ2v) is 8.40. The van der Waals surface area contributed by atoms with Gasteiger partial charge in [-0.1, -0.05) is 30.3 Å². The number of hydrogen-bond donors (Lipinski definition) is 0. The molecule has 2 aromatic carbocycles. The Morgan fingerprint density at radius 2 is 1.86 bits per heavy atom. The number of benzene rings is 2. The van der Waals surface area contributed by atoms with Crippen molar-refractivity contribution in [2.24, 2.45) is 0 Å². The van der Waals surface area contributed by atoms with Crippen molar-refractivity contribution >= 4 is 21.6 Å². The molecule has 2 aromatic heterocycles. The molecule has 0 radical (unpaired) electrons. The van der Waals surface area contributed by atoms with Gasteiger partial charge in [-0.3, -0.25) is 9.88 Å². The van der Waals surface area contributed by atoms with Crippen LogP contribution in [0.1, 0.15) is 29.7 Å². The Balaban J connectivity index is 1.37. The minimum absolute atomic E-state index is 0.401. The third-order valence-electron chi connectivity index (χ3n) is 5.92. The summed E-state index contributed by atoms with van der Waals surface area (Å²) in [5.41, 5.74) is 9.83. The van der Waals surface area contributed by atoms with E-state index in [4.69, 9.17) is 0 Å². The van der Waals surface area contributed by atoms with Gasteiger partial charge in [-0.05, 0) is 65.8 Å². The molecule has 0 bridgehead atoms. The Kier molecular flexibility index (Phi) is 4.67. The quantitative estimate of drug-likeness (QED) is 0.465. The van der Waals surface area contributed by atoms with E-state index in [-0.39, 0.29) is 0 Å². The first kappa shape index (κ1) is 17.5. The summed E-state index contributed by atoms with van der Waals surface area (Å²) in [4.78, 5) is 11.4. The van der Waals surface area contributed by atoms with Crippen LogP contribution in [-0.2, 0) is 12.8 Å². The highest BCUT2D eigenvalue weighted by molar-refractivity contribution is 7.16. The molecule has 0 amide bonds. The number of rotatable bonds is 3. The number of fused-ring (bicyclic) bond motifs is 2. The van der Waals surface area contributed by atoms with Crippen LogP contribution < -0.4 is 0 Å². The van der Waals surface area contributed by atoms with E-state index in [1.807, 2.05) is 24.0 Å². The Labute approximate surface area is 169 Å². The van der Waals surface area contributed by atoms with Gasteiger partial charge in [0.05, 0.1) is 15.7 Å². The summed E-state index contributed by atoms with van der Waals surface area (Å²) >= 11 is 1.71. The second-order valence-electron chi connectivity index (χ2n) is 7.52. The fraction of sp³-hybridized carbons (Fsp3) is 0.250. The van der Waals surface area contributed by atoms with Crippen LogP contribution in [0.2, 0.25) is 0 Å². The predicted octanol–water partition coefficient (Wildman–Crippen LogP) is 5.52. The molecule has 4 heteroatoms. The Morgan fingerprint density at radius 3 is 2.71 bits per heavy atom. The molecule has 1 unspecified atom stereocenters. The van der Waals surface area contributed by atoms with Crippen LogP contribution in [-0.4, -0.2) is 28.0 Å².